The predicted molar refractivity (Wildman–Crippen MR) is 110 cm³/mol. The topological polar surface area (TPSA) is 84.5 Å². The highest BCUT2D eigenvalue weighted by molar-refractivity contribution is 5.97. The number of benzene rings is 1. The molecule has 7 heteroatoms. The maximum absolute atomic E-state index is 13.2. The van der Waals surface area contributed by atoms with Crippen molar-refractivity contribution in [3.63, 3.8) is 0 Å². The Bertz CT molecular complexity index is 926. The molecule has 0 saturated carbocycles. The zero-order chi connectivity index (χ0) is 22.2. The van der Waals surface area contributed by atoms with Gasteiger partial charge in [0, 0.05) is 27.7 Å². The summed E-state index contributed by atoms with van der Waals surface area (Å²) in [7, 11) is 0. The average Bonchev–Trinajstić information content (AvgIpc) is 2.84. The van der Waals surface area contributed by atoms with Crippen molar-refractivity contribution >= 4 is 11.9 Å². The molecule has 162 valence electrons. The lowest BCUT2D eigenvalue weighted by Gasteiger charge is -2.35. The lowest BCUT2D eigenvalue weighted by Crippen LogP contribution is -2.50. The highest BCUT2D eigenvalue weighted by Gasteiger charge is 2.51. The lowest BCUT2D eigenvalue weighted by molar-refractivity contribution is -0.622. The first kappa shape index (κ1) is 21.9. The Labute approximate surface area is 177 Å². The van der Waals surface area contributed by atoms with Crippen LogP contribution in [0.1, 0.15) is 62.8 Å². The van der Waals surface area contributed by atoms with E-state index in [1.165, 1.54) is 13.8 Å². The Morgan fingerprint density at radius 2 is 1.67 bits per heavy atom. The number of rotatable bonds is 6. The van der Waals surface area contributed by atoms with Gasteiger partial charge in [-0.1, -0.05) is 44.2 Å². The summed E-state index contributed by atoms with van der Waals surface area (Å²) < 4.78 is 13.5. The van der Waals surface area contributed by atoms with Gasteiger partial charge in [0.15, 0.2) is 5.92 Å². The van der Waals surface area contributed by atoms with Crippen LogP contribution in [0.5, 0.6) is 0 Å². The van der Waals surface area contributed by atoms with Gasteiger partial charge in [0.05, 0.1) is 5.92 Å². The molecular formula is C23H30N2O5. The smallest absolute Gasteiger partial charge is 0.324 e. The molecule has 1 aromatic heterocycles. The van der Waals surface area contributed by atoms with Gasteiger partial charge >= 0.3 is 11.9 Å². The minimum absolute atomic E-state index is 0.145. The summed E-state index contributed by atoms with van der Waals surface area (Å²) in [4.78, 5) is 25.7. The molecule has 7 nitrogen and oxygen atoms in total. The summed E-state index contributed by atoms with van der Waals surface area (Å²) in [6.07, 6.45) is 0.467. The first-order valence-electron chi connectivity index (χ1n) is 10.3. The number of carbonyl (C=O) groups excluding carboxylic acids is 2. The largest absolute Gasteiger partial charge is 0.711 e. The summed E-state index contributed by atoms with van der Waals surface area (Å²) in [5.74, 6) is -3.90. The van der Waals surface area contributed by atoms with Gasteiger partial charge in [0.1, 0.15) is 17.9 Å². The van der Waals surface area contributed by atoms with Crippen molar-refractivity contribution in [2.45, 2.75) is 66.2 Å². The van der Waals surface area contributed by atoms with Crippen LogP contribution in [0.2, 0.25) is 0 Å². The third-order valence-corrected chi connectivity index (χ3v) is 5.56. The number of cyclic esters (lactones) is 2. The van der Waals surface area contributed by atoms with Gasteiger partial charge in [0.2, 0.25) is 0 Å². The number of esters is 2. The van der Waals surface area contributed by atoms with E-state index in [0.717, 1.165) is 16.0 Å². The van der Waals surface area contributed by atoms with E-state index in [4.69, 9.17) is 9.47 Å². The summed E-state index contributed by atoms with van der Waals surface area (Å²) >= 11 is 0. The third kappa shape index (κ3) is 4.20. The molecule has 1 aliphatic rings. The lowest BCUT2D eigenvalue weighted by atomic mass is 9.83. The van der Waals surface area contributed by atoms with Crippen molar-refractivity contribution in [2.24, 2.45) is 11.8 Å². The second-order valence-corrected chi connectivity index (χ2v) is 8.85. The van der Waals surface area contributed by atoms with Gasteiger partial charge in [0.25, 0.3) is 11.6 Å². The number of imidazole rings is 1. The maximum Gasteiger partial charge on any atom is 0.324 e. The molecular weight excluding hydrogens is 384 g/mol. The van der Waals surface area contributed by atoms with Crippen molar-refractivity contribution in [3.8, 4) is 0 Å². The molecule has 1 atom stereocenters. The van der Waals surface area contributed by atoms with Crippen molar-refractivity contribution < 1.29 is 23.8 Å². The van der Waals surface area contributed by atoms with E-state index in [1.807, 2.05) is 55.7 Å². The second-order valence-electron chi connectivity index (χ2n) is 8.85. The Hall–Kier alpha value is -2.83. The molecule has 0 N–H and O–H groups in total. The fourth-order valence-electron chi connectivity index (χ4n) is 4.07. The molecule has 1 fully saturated rings. The predicted octanol–water partition coefficient (Wildman–Crippen LogP) is 3.37. The van der Waals surface area contributed by atoms with Gasteiger partial charge in [-0.05, 0) is 17.9 Å². The summed E-state index contributed by atoms with van der Waals surface area (Å²) in [5, 5.41) is 13.2. The number of hydrogen-bond donors (Lipinski definition) is 0. The summed E-state index contributed by atoms with van der Waals surface area (Å²) in [5.41, 5.74) is 2.37. The molecule has 2 aromatic rings. The number of hydrogen-bond acceptors (Lipinski definition) is 5. The molecule has 0 bridgehead atoms. The van der Waals surface area contributed by atoms with Gasteiger partial charge in [-0.3, -0.25) is 9.59 Å². The van der Waals surface area contributed by atoms with Crippen molar-refractivity contribution in [1.29, 1.82) is 0 Å². The van der Waals surface area contributed by atoms with Crippen LogP contribution in [0, 0.1) is 30.9 Å². The number of carbonyl (C=O) groups is 2. The van der Waals surface area contributed by atoms with Gasteiger partial charge in [-0.2, -0.15) is 0 Å². The van der Waals surface area contributed by atoms with E-state index in [0.29, 0.717) is 24.5 Å². The molecule has 1 unspecified atom stereocenters. The zero-order valence-corrected chi connectivity index (χ0v) is 18.5. The van der Waals surface area contributed by atoms with E-state index < -0.39 is 29.6 Å². The Morgan fingerprint density at radius 1 is 1.10 bits per heavy atom. The molecule has 1 saturated heterocycles. The normalized spacial score (nSPS) is 17.7. The van der Waals surface area contributed by atoms with Gasteiger partial charge < -0.3 is 14.7 Å². The molecule has 0 aliphatic carbocycles. The highest BCUT2D eigenvalue weighted by Crippen LogP contribution is 2.37. The van der Waals surface area contributed by atoms with Crippen LogP contribution in [-0.2, 0) is 25.6 Å². The molecule has 2 heterocycles. The van der Waals surface area contributed by atoms with E-state index in [9.17, 15) is 14.8 Å². The van der Waals surface area contributed by atoms with Crippen LogP contribution in [0.15, 0.2) is 30.3 Å². The minimum Gasteiger partial charge on any atom is -0.711 e. The van der Waals surface area contributed by atoms with Gasteiger partial charge in [-0.15, -0.1) is 0 Å². The molecule has 3 rings (SSSR count). The molecule has 30 heavy (non-hydrogen) atoms. The van der Waals surface area contributed by atoms with Crippen LogP contribution in [-0.4, -0.2) is 22.3 Å². The van der Waals surface area contributed by atoms with Crippen molar-refractivity contribution in [3.05, 3.63) is 58.3 Å². The molecule has 1 aliphatic heterocycles. The first-order valence-corrected chi connectivity index (χ1v) is 10.3. The van der Waals surface area contributed by atoms with Crippen molar-refractivity contribution in [1.82, 2.24) is 4.57 Å². The minimum atomic E-state index is -1.31. The second kappa shape index (κ2) is 8.13. The van der Waals surface area contributed by atoms with Crippen LogP contribution < -0.4 is 4.73 Å². The Kier molecular flexibility index (Phi) is 5.92. The monoisotopic (exact) mass is 414 g/mol. The van der Waals surface area contributed by atoms with Crippen LogP contribution in [0.25, 0.3) is 0 Å². The van der Waals surface area contributed by atoms with Crippen LogP contribution in [0.4, 0.5) is 0 Å². The van der Waals surface area contributed by atoms with Crippen LogP contribution >= 0.6 is 0 Å². The number of nitrogens with zero attached hydrogens (tertiary/aromatic N) is 2. The van der Waals surface area contributed by atoms with E-state index in [1.54, 1.807) is 6.92 Å². The average molecular weight is 415 g/mol. The fraction of sp³-hybridized carbons (Fsp3) is 0.522. The highest BCUT2D eigenvalue weighted by atomic mass is 16.7. The Balaban J connectivity index is 2.12. The Morgan fingerprint density at radius 3 is 2.20 bits per heavy atom. The molecule has 0 radical (unpaired) electrons. The number of ether oxygens (including phenoxy) is 2. The van der Waals surface area contributed by atoms with E-state index in [-0.39, 0.29) is 5.92 Å². The van der Waals surface area contributed by atoms with Gasteiger partial charge in [-0.25, -0.2) is 9.30 Å². The van der Waals surface area contributed by atoms with Crippen molar-refractivity contribution in [2.75, 3.05) is 0 Å². The fourth-order valence-corrected chi connectivity index (χ4v) is 4.07. The van der Waals surface area contributed by atoms with E-state index in [2.05, 4.69) is 0 Å². The molecule has 0 spiro atoms. The summed E-state index contributed by atoms with van der Waals surface area (Å²) in [6.45, 7) is 11.1. The van der Waals surface area contributed by atoms with E-state index >= 15 is 0 Å². The molecule has 0 amide bonds. The molecule has 1 aromatic carbocycles. The third-order valence-electron chi connectivity index (χ3n) is 5.56. The standard InChI is InChI=1S/C23H30N2O5/c1-14(2)12-18(19-21(26)29-23(5,6)30-22(19)27)20-24(15(3)16(4)25(20)28)13-17-10-8-7-9-11-17/h7-11,14,18-19H,12-13H2,1-6H3. The zero-order valence-electron chi connectivity index (χ0n) is 18.5. The van der Waals surface area contributed by atoms with Crippen LogP contribution in [0.3, 0.4) is 0 Å². The first-order chi connectivity index (χ1) is 14.0. The summed E-state index contributed by atoms with van der Waals surface area (Å²) in [6, 6.07) is 9.78. The SMILES string of the molecule is Cc1c(C)[n+]([O-])c(C(CC(C)C)C2C(=O)OC(C)(C)OC2=O)n1Cc1ccccc1. The quantitative estimate of drug-likeness (QED) is 0.313. The number of aromatic nitrogens is 2. The maximum atomic E-state index is 13.2.